The summed E-state index contributed by atoms with van der Waals surface area (Å²) < 4.78 is 36.2. The predicted molar refractivity (Wildman–Crippen MR) is 119 cm³/mol. The van der Waals surface area contributed by atoms with Crippen molar-refractivity contribution in [2.24, 2.45) is 5.92 Å². The maximum atomic E-state index is 14.5. The topological polar surface area (TPSA) is 115 Å². The van der Waals surface area contributed by atoms with Gasteiger partial charge in [-0.25, -0.2) is 9.18 Å². The third-order valence-electron chi connectivity index (χ3n) is 5.28. The molecule has 1 aliphatic rings. The highest BCUT2D eigenvalue weighted by molar-refractivity contribution is 5.95. The van der Waals surface area contributed by atoms with Crippen LogP contribution < -0.4 is 4.74 Å². The summed E-state index contributed by atoms with van der Waals surface area (Å²) in [5.74, 6) is -3.17. The van der Waals surface area contributed by atoms with Gasteiger partial charge in [-0.05, 0) is 45.2 Å². The molecule has 1 aromatic carbocycles. The standard InChI is InChI=1S/C24H33FO8/c1-14(15(2)26)9-11-18(27)22-20(32-24(3,4)33-22)8-6-7-16-17(25)10-12-19(31-13-30-5)21(16)23(28)29/h6-7,9-12,14-15,18,20,22,26-27H,8,13H2,1-5H3,(H,28,29)/b7-6+,11-9-/t14-,15+,18?,20+,22-/m1/s1. The molecule has 0 amide bonds. The number of carboxylic acids is 1. The summed E-state index contributed by atoms with van der Waals surface area (Å²) in [5, 5.41) is 29.8. The maximum Gasteiger partial charge on any atom is 0.340 e. The Kier molecular flexibility index (Phi) is 9.57. The molecule has 0 aliphatic carbocycles. The van der Waals surface area contributed by atoms with Gasteiger partial charge in [0.05, 0.1) is 12.2 Å². The zero-order valence-electron chi connectivity index (χ0n) is 19.5. The van der Waals surface area contributed by atoms with E-state index in [0.717, 1.165) is 6.07 Å². The van der Waals surface area contributed by atoms with Crippen molar-refractivity contribution in [3.63, 3.8) is 0 Å². The Morgan fingerprint density at radius 2 is 1.94 bits per heavy atom. The van der Waals surface area contributed by atoms with Gasteiger partial charge in [0.1, 0.15) is 29.3 Å². The number of methoxy groups -OCH3 is 1. The smallest absolute Gasteiger partial charge is 0.340 e. The molecule has 9 heteroatoms. The number of carboxylic acid groups (broad SMARTS) is 1. The lowest BCUT2D eigenvalue weighted by molar-refractivity contribution is -0.152. The highest BCUT2D eigenvalue weighted by Crippen LogP contribution is 2.33. The minimum absolute atomic E-state index is 0.0161. The number of ether oxygens (including phenoxy) is 4. The molecule has 0 aromatic heterocycles. The summed E-state index contributed by atoms with van der Waals surface area (Å²) in [6.45, 7) is 6.74. The van der Waals surface area contributed by atoms with Crippen LogP contribution in [0.25, 0.3) is 6.08 Å². The van der Waals surface area contributed by atoms with Gasteiger partial charge < -0.3 is 34.3 Å². The van der Waals surface area contributed by atoms with Gasteiger partial charge in [0, 0.05) is 12.7 Å². The van der Waals surface area contributed by atoms with Crippen LogP contribution in [-0.2, 0) is 14.2 Å². The Bertz CT molecular complexity index is 864. The van der Waals surface area contributed by atoms with E-state index in [2.05, 4.69) is 0 Å². The van der Waals surface area contributed by atoms with E-state index < -0.39 is 42.0 Å². The van der Waals surface area contributed by atoms with Gasteiger partial charge in [0.15, 0.2) is 12.6 Å². The fourth-order valence-corrected chi connectivity index (χ4v) is 3.41. The molecular formula is C24H33FO8. The quantitative estimate of drug-likeness (QED) is 0.335. The van der Waals surface area contributed by atoms with E-state index in [-0.39, 0.29) is 36.0 Å². The summed E-state index contributed by atoms with van der Waals surface area (Å²) >= 11 is 0. The van der Waals surface area contributed by atoms with E-state index in [0.29, 0.717) is 0 Å². The summed E-state index contributed by atoms with van der Waals surface area (Å²) in [5.41, 5.74) is -0.462. The number of carbonyl (C=O) groups is 1. The minimum Gasteiger partial charge on any atom is -0.478 e. The molecule has 1 heterocycles. The highest BCUT2D eigenvalue weighted by atomic mass is 19.1. The summed E-state index contributed by atoms with van der Waals surface area (Å²) in [6.07, 6.45) is 3.58. The molecule has 184 valence electrons. The van der Waals surface area contributed by atoms with Crippen LogP contribution >= 0.6 is 0 Å². The van der Waals surface area contributed by atoms with Gasteiger partial charge in [0.25, 0.3) is 0 Å². The van der Waals surface area contributed by atoms with Crippen LogP contribution in [0, 0.1) is 11.7 Å². The molecule has 33 heavy (non-hydrogen) atoms. The van der Waals surface area contributed by atoms with E-state index in [1.165, 1.54) is 19.3 Å². The Hall–Kier alpha value is -2.30. The molecule has 2 rings (SSSR count). The predicted octanol–water partition coefficient (Wildman–Crippen LogP) is 3.36. The Balaban J connectivity index is 2.22. The number of halogens is 1. The first-order valence-electron chi connectivity index (χ1n) is 10.7. The van der Waals surface area contributed by atoms with Gasteiger partial charge in [-0.3, -0.25) is 0 Å². The molecular weight excluding hydrogens is 435 g/mol. The van der Waals surface area contributed by atoms with E-state index in [1.54, 1.807) is 39.0 Å². The monoisotopic (exact) mass is 468 g/mol. The second kappa shape index (κ2) is 11.7. The maximum absolute atomic E-state index is 14.5. The van der Waals surface area contributed by atoms with Gasteiger partial charge in [-0.15, -0.1) is 0 Å². The lowest BCUT2D eigenvalue weighted by Crippen LogP contribution is -2.34. The zero-order valence-corrected chi connectivity index (χ0v) is 19.5. The number of hydrogen-bond donors (Lipinski definition) is 3. The average molecular weight is 469 g/mol. The average Bonchev–Trinajstić information content (AvgIpc) is 3.05. The van der Waals surface area contributed by atoms with Crippen LogP contribution in [0.5, 0.6) is 5.75 Å². The molecule has 1 unspecified atom stereocenters. The second-order valence-electron chi connectivity index (χ2n) is 8.44. The number of aromatic carboxylic acids is 1. The van der Waals surface area contributed by atoms with Crippen LogP contribution in [0.4, 0.5) is 4.39 Å². The SMILES string of the molecule is COCOc1ccc(F)c(/C=C/C[C@@H]2OC(C)(C)O[C@@H]2C(O)/C=C\[C@@H](C)[C@H](C)O)c1C(=O)O. The molecule has 3 N–H and O–H groups in total. The second-order valence-corrected chi connectivity index (χ2v) is 8.44. The molecule has 1 fully saturated rings. The number of aliphatic hydroxyl groups is 2. The van der Waals surface area contributed by atoms with E-state index in [1.807, 2.05) is 6.92 Å². The van der Waals surface area contributed by atoms with Crippen molar-refractivity contribution in [3.05, 3.63) is 47.3 Å². The van der Waals surface area contributed by atoms with Crippen molar-refractivity contribution < 1.29 is 43.5 Å². The summed E-state index contributed by atoms with van der Waals surface area (Å²) in [4.78, 5) is 11.8. The molecule has 8 nitrogen and oxygen atoms in total. The lowest BCUT2D eigenvalue weighted by atomic mass is 10.00. The molecule has 0 spiro atoms. The van der Waals surface area contributed by atoms with E-state index >= 15 is 0 Å². The molecule has 1 aromatic rings. The fourth-order valence-electron chi connectivity index (χ4n) is 3.41. The van der Waals surface area contributed by atoms with Crippen LogP contribution in [0.15, 0.2) is 30.4 Å². The van der Waals surface area contributed by atoms with Gasteiger partial charge in [-0.1, -0.05) is 31.2 Å². The van der Waals surface area contributed by atoms with Gasteiger partial charge >= 0.3 is 5.97 Å². The number of aliphatic hydroxyl groups excluding tert-OH is 2. The number of hydrogen-bond acceptors (Lipinski definition) is 7. The molecule has 0 radical (unpaired) electrons. The van der Waals surface area contributed by atoms with Gasteiger partial charge in [0.2, 0.25) is 0 Å². The van der Waals surface area contributed by atoms with Crippen LogP contribution in [0.1, 0.15) is 50.0 Å². The van der Waals surface area contributed by atoms with Crippen molar-refractivity contribution in [2.45, 2.75) is 64.3 Å². The van der Waals surface area contributed by atoms with Crippen molar-refractivity contribution >= 4 is 12.0 Å². The van der Waals surface area contributed by atoms with Crippen molar-refractivity contribution in [3.8, 4) is 5.75 Å². The number of benzene rings is 1. The van der Waals surface area contributed by atoms with E-state index in [9.17, 15) is 24.5 Å². The fraction of sp³-hybridized carbons (Fsp3) is 0.542. The Morgan fingerprint density at radius 1 is 1.24 bits per heavy atom. The first kappa shape index (κ1) is 26.9. The molecule has 0 bridgehead atoms. The third kappa shape index (κ3) is 7.35. The summed E-state index contributed by atoms with van der Waals surface area (Å²) in [7, 11) is 1.39. The van der Waals surface area contributed by atoms with Crippen molar-refractivity contribution in [1.29, 1.82) is 0 Å². The first-order chi connectivity index (χ1) is 15.5. The molecule has 1 saturated heterocycles. The van der Waals surface area contributed by atoms with E-state index in [4.69, 9.17) is 18.9 Å². The molecule has 0 saturated carbocycles. The zero-order chi connectivity index (χ0) is 24.8. The molecule has 1 aliphatic heterocycles. The number of rotatable bonds is 11. The molecule has 5 atom stereocenters. The third-order valence-corrected chi connectivity index (χ3v) is 5.28. The Labute approximate surface area is 193 Å². The largest absolute Gasteiger partial charge is 0.478 e. The Morgan fingerprint density at radius 3 is 2.55 bits per heavy atom. The normalized spacial score (nSPS) is 23.2. The first-order valence-corrected chi connectivity index (χ1v) is 10.7. The summed E-state index contributed by atoms with van der Waals surface area (Å²) in [6, 6.07) is 2.36. The van der Waals surface area contributed by atoms with Gasteiger partial charge in [-0.2, -0.15) is 0 Å². The van der Waals surface area contributed by atoms with Crippen LogP contribution in [0.2, 0.25) is 0 Å². The van der Waals surface area contributed by atoms with Crippen molar-refractivity contribution in [1.82, 2.24) is 0 Å². The van der Waals surface area contributed by atoms with Crippen molar-refractivity contribution in [2.75, 3.05) is 13.9 Å². The van der Waals surface area contributed by atoms with Crippen LogP contribution in [-0.4, -0.2) is 65.4 Å². The highest BCUT2D eigenvalue weighted by Gasteiger charge is 2.43. The lowest BCUT2D eigenvalue weighted by Gasteiger charge is -2.20. The van der Waals surface area contributed by atoms with Crippen LogP contribution in [0.3, 0.4) is 0 Å². The minimum atomic E-state index is -1.34.